The van der Waals surface area contributed by atoms with Crippen molar-refractivity contribution in [3.8, 4) is 6.07 Å². The molecule has 0 fully saturated rings. The smallest absolute Gasteiger partial charge is 0.321 e. The summed E-state index contributed by atoms with van der Waals surface area (Å²) in [5, 5.41) is 17.2. The van der Waals surface area contributed by atoms with E-state index in [0.29, 0.717) is 19.3 Å². The van der Waals surface area contributed by atoms with Crippen LogP contribution in [0.1, 0.15) is 39.5 Å². The Morgan fingerprint density at radius 2 is 2.00 bits per heavy atom. The van der Waals surface area contributed by atoms with E-state index in [4.69, 9.17) is 10.4 Å². The van der Waals surface area contributed by atoms with E-state index in [1.165, 1.54) is 0 Å². The number of nitriles is 1. The second-order valence-electron chi connectivity index (χ2n) is 4.57. The summed E-state index contributed by atoms with van der Waals surface area (Å²) < 4.78 is 25.5. The summed E-state index contributed by atoms with van der Waals surface area (Å²) in [6.07, 6.45) is 1.42. The van der Waals surface area contributed by atoms with Crippen LogP contribution in [0.3, 0.4) is 0 Å². The highest BCUT2D eigenvalue weighted by Crippen LogP contribution is 2.07. The average Bonchev–Trinajstić information content (AvgIpc) is 2.22. The first-order valence-electron chi connectivity index (χ1n) is 5.88. The predicted molar refractivity (Wildman–Crippen MR) is 67.3 cm³/mol. The van der Waals surface area contributed by atoms with Crippen molar-refractivity contribution < 1.29 is 18.3 Å². The molecule has 0 aromatic rings. The Labute approximate surface area is 108 Å². The molecule has 0 bridgehead atoms. The molecule has 0 saturated carbocycles. The summed E-state index contributed by atoms with van der Waals surface area (Å²) in [6.45, 7) is 3.66. The Morgan fingerprint density at radius 3 is 2.44 bits per heavy atom. The molecule has 7 heteroatoms. The molecule has 18 heavy (non-hydrogen) atoms. The van der Waals surface area contributed by atoms with Crippen LogP contribution in [0.4, 0.5) is 0 Å². The summed E-state index contributed by atoms with van der Waals surface area (Å²) in [4.78, 5) is 10.9. The van der Waals surface area contributed by atoms with Crippen LogP contribution in [0.15, 0.2) is 0 Å². The molecule has 0 aliphatic heterocycles. The molecule has 0 heterocycles. The number of hydrogen-bond donors (Lipinski definition) is 2. The van der Waals surface area contributed by atoms with E-state index in [-0.39, 0.29) is 18.1 Å². The zero-order valence-corrected chi connectivity index (χ0v) is 11.5. The molecule has 6 nitrogen and oxygen atoms in total. The fraction of sp³-hybridized carbons (Fsp3) is 0.818. The zero-order valence-electron chi connectivity index (χ0n) is 10.7. The fourth-order valence-corrected chi connectivity index (χ4v) is 2.78. The molecule has 1 atom stereocenters. The quantitative estimate of drug-likeness (QED) is 0.613. The number of carbonyl (C=O) groups is 1. The first-order chi connectivity index (χ1) is 8.28. The van der Waals surface area contributed by atoms with Crippen LogP contribution >= 0.6 is 0 Å². The number of carboxylic acid groups (broad SMARTS) is 1. The Hall–Kier alpha value is -1.13. The lowest BCUT2D eigenvalue weighted by Crippen LogP contribution is -2.42. The first-order valence-corrected chi connectivity index (χ1v) is 7.53. The number of sulfonamides is 1. The molecule has 0 unspecified atom stereocenters. The van der Waals surface area contributed by atoms with Crippen molar-refractivity contribution in [2.75, 3.05) is 5.75 Å². The van der Waals surface area contributed by atoms with Crippen LogP contribution in [-0.4, -0.2) is 31.3 Å². The molecular formula is C11H20N2O4S. The van der Waals surface area contributed by atoms with Gasteiger partial charge in [-0.15, -0.1) is 0 Å². The fourth-order valence-electron chi connectivity index (χ4n) is 1.44. The molecule has 0 aliphatic carbocycles. The third-order valence-corrected chi connectivity index (χ3v) is 3.75. The van der Waals surface area contributed by atoms with Gasteiger partial charge < -0.3 is 5.11 Å². The predicted octanol–water partition coefficient (Wildman–Crippen LogP) is 1.10. The molecular weight excluding hydrogens is 256 g/mol. The van der Waals surface area contributed by atoms with Gasteiger partial charge in [0.05, 0.1) is 11.8 Å². The van der Waals surface area contributed by atoms with E-state index in [1.807, 2.05) is 19.9 Å². The van der Waals surface area contributed by atoms with Crippen molar-refractivity contribution in [3.63, 3.8) is 0 Å². The lowest BCUT2D eigenvalue weighted by molar-refractivity contribution is -0.139. The Bertz CT molecular complexity index is 398. The normalized spacial score (nSPS) is 13.2. The standard InChI is InChI=1S/C11H20N2O4S/c1-9(2)8-10(11(14)15)13-18(16,17)7-5-3-4-6-12/h9-10,13H,3-5,7-8H2,1-2H3,(H,14,15)/t10-/m0/s1. The maximum atomic E-state index is 11.6. The third kappa shape index (κ3) is 8.03. The van der Waals surface area contributed by atoms with Crippen LogP contribution in [0.2, 0.25) is 0 Å². The molecule has 2 N–H and O–H groups in total. The van der Waals surface area contributed by atoms with Crippen LogP contribution in [0.25, 0.3) is 0 Å². The van der Waals surface area contributed by atoms with Gasteiger partial charge in [0.1, 0.15) is 6.04 Å². The van der Waals surface area contributed by atoms with E-state index < -0.39 is 22.0 Å². The summed E-state index contributed by atoms with van der Waals surface area (Å²) in [7, 11) is -3.59. The second kappa shape index (κ2) is 8.06. The summed E-state index contributed by atoms with van der Waals surface area (Å²) in [5.41, 5.74) is 0. The Morgan fingerprint density at radius 1 is 1.39 bits per heavy atom. The molecule has 0 aromatic heterocycles. The molecule has 0 radical (unpaired) electrons. The van der Waals surface area contributed by atoms with E-state index in [1.54, 1.807) is 0 Å². The monoisotopic (exact) mass is 276 g/mol. The number of nitrogens with one attached hydrogen (secondary N) is 1. The average molecular weight is 276 g/mol. The lowest BCUT2D eigenvalue weighted by Gasteiger charge is -2.16. The van der Waals surface area contributed by atoms with Crippen LogP contribution in [0.5, 0.6) is 0 Å². The van der Waals surface area contributed by atoms with Gasteiger partial charge in [-0.25, -0.2) is 13.1 Å². The van der Waals surface area contributed by atoms with E-state index in [2.05, 4.69) is 4.72 Å². The first kappa shape index (κ1) is 16.9. The Balaban J connectivity index is 4.34. The number of rotatable bonds is 9. The number of unbranched alkanes of at least 4 members (excludes halogenated alkanes) is 2. The lowest BCUT2D eigenvalue weighted by atomic mass is 10.1. The largest absolute Gasteiger partial charge is 0.480 e. The van der Waals surface area contributed by atoms with Crippen molar-refractivity contribution in [2.24, 2.45) is 5.92 Å². The zero-order chi connectivity index (χ0) is 14.2. The van der Waals surface area contributed by atoms with Gasteiger partial charge in [-0.1, -0.05) is 13.8 Å². The topological polar surface area (TPSA) is 107 Å². The van der Waals surface area contributed by atoms with Crippen molar-refractivity contribution in [3.05, 3.63) is 0 Å². The van der Waals surface area contributed by atoms with Gasteiger partial charge in [-0.05, 0) is 25.2 Å². The molecule has 104 valence electrons. The van der Waals surface area contributed by atoms with Crippen LogP contribution in [0, 0.1) is 17.2 Å². The van der Waals surface area contributed by atoms with Gasteiger partial charge >= 0.3 is 5.97 Å². The van der Waals surface area contributed by atoms with Crippen molar-refractivity contribution in [2.45, 2.75) is 45.6 Å². The van der Waals surface area contributed by atoms with E-state index >= 15 is 0 Å². The second-order valence-corrected chi connectivity index (χ2v) is 6.45. The van der Waals surface area contributed by atoms with Gasteiger partial charge in [-0.2, -0.15) is 5.26 Å². The van der Waals surface area contributed by atoms with Crippen LogP contribution < -0.4 is 4.72 Å². The van der Waals surface area contributed by atoms with Crippen molar-refractivity contribution in [1.29, 1.82) is 5.26 Å². The summed E-state index contributed by atoms with van der Waals surface area (Å²) in [5.74, 6) is -1.21. The van der Waals surface area contributed by atoms with Crippen LogP contribution in [-0.2, 0) is 14.8 Å². The molecule has 0 spiro atoms. The molecule has 0 saturated heterocycles. The third-order valence-electron chi connectivity index (χ3n) is 2.28. The minimum absolute atomic E-state index is 0.0902. The molecule has 0 rings (SSSR count). The number of hydrogen-bond acceptors (Lipinski definition) is 4. The number of aliphatic carboxylic acids is 1. The highest BCUT2D eigenvalue weighted by molar-refractivity contribution is 7.89. The van der Waals surface area contributed by atoms with Gasteiger partial charge in [-0.3, -0.25) is 4.79 Å². The minimum Gasteiger partial charge on any atom is -0.480 e. The van der Waals surface area contributed by atoms with Gasteiger partial charge in [0.15, 0.2) is 0 Å². The van der Waals surface area contributed by atoms with Gasteiger partial charge in [0.2, 0.25) is 10.0 Å². The summed E-state index contributed by atoms with van der Waals surface area (Å²) in [6, 6.07) is 0.852. The highest BCUT2D eigenvalue weighted by atomic mass is 32.2. The van der Waals surface area contributed by atoms with E-state index in [9.17, 15) is 13.2 Å². The van der Waals surface area contributed by atoms with Gasteiger partial charge in [0.25, 0.3) is 0 Å². The van der Waals surface area contributed by atoms with Crippen molar-refractivity contribution >= 4 is 16.0 Å². The van der Waals surface area contributed by atoms with Gasteiger partial charge in [0, 0.05) is 6.42 Å². The minimum atomic E-state index is -3.59. The SMILES string of the molecule is CC(C)C[C@H](NS(=O)(=O)CCCCC#N)C(=O)O. The molecule has 0 amide bonds. The Kier molecular flexibility index (Phi) is 7.55. The molecule has 0 aromatic carbocycles. The highest BCUT2D eigenvalue weighted by Gasteiger charge is 2.24. The number of carboxylic acids is 1. The van der Waals surface area contributed by atoms with E-state index in [0.717, 1.165) is 0 Å². The molecule has 0 aliphatic rings. The maximum Gasteiger partial charge on any atom is 0.321 e. The number of nitrogens with zero attached hydrogens (tertiary/aromatic N) is 1. The summed E-state index contributed by atoms with van der Waals surface area (Å²) >= 11 is 0. The maximum absolute atomic E-state index is 11.6. The van der Waals surface area contributed by atoms with Crippen molar-refractivity contribution in [1.82, 2.24) is 4.72 Å².